The number of allylic oxidation sites excluding steroid dienone is 1. The predicted octanol–water partition coefficient (Wildman–Crippen LogP) is 3.70. The normalized spacial score (nSPS) is 12.0. The minimum absolute atomic E-state index is 0.0141. The Morgan fingerprint density at radius 2 is 1.83 bits per heavy atom. The number of ketones is 1. The van der Waals surface area contributed by atoms with Crippen LogP contribution in [-0.4, -0.2) is 24.5 Å². The van der Waals surface area contributed by atoms with Crippen LogP contribution in [0.1, 0.15) is 39.2 Å². The van der Waals surface area contributed by atoms with Gasteiger partial charge < -0.3 is 9.47 Å². The highest BCUT2D eigenvalue weighted by Gasteiger charge is 2.17. The summed E-state index contributed by atoms with van der Waals surface area (Å²) in [6.07, 6.45) is 0.336. The Kier molecular flexibility index (Phi) is 8.27. The molecule has 1 rings (SSSR count). The van der Waals surface area contributed by atoms with E-state index in [0.29, 0.717) is 25.0 Å². The second-order valence-corrected chi connectivity index (χ2v) is 5.87. The molecule has 0 aliphatic rings. The van der Waals surface area contributed by atoms with E-state index in [1.54, 1.807) is 0 Å². The van der Waals surface area contributed by atoms with Crippen molar-refractivity contribution in [1.29, 1.82) is 0 Å². The largest absolute Gasteiger partial charge is 0.460 e. The van der Waals surface area contributed by atoms with E-state index in [-0.39, 0.29) is 24.3 Å². The van der Waals surface area contributed by atoms with E-state index in [1.807, 2.05) is 44.2 Å². The Labute approximate surface area is 138 Å². The maximum atomic E-state index is 12.0. The van der Waals surface area contributed by atoms with Crippen LogP contribution in [0.4, 0.5) is 0 Å². The molecule has 0 amide bonds. The number of rotatable bonds is 10. The minimum Gasteiger partial charge on any atom is -0.460 e. The van der Waals surface area contributed by atoms with Gasteiger partial charge in [0.15, 0.2) is 5.78 Å². The first-order chi connectivity index (χ1) is 10.9. The fraction of sp³-hybridized carbons (Fsp3) is 0.474. The first-order valence-corrected chi connectivity index (χ1v) is 7.91. The molecule has 1 unspecified atom stereocenters. The number of ether oxygens (including phenoxy) is 2. The van der Waals surface area contributed by atoms with Crippen LogP contribution < -0.4 is 0 Å². The summed E-state index contributed by atoms with van der Waals surface area (Å²) in [6, 6.07) is 9.77. The van der Waals surface area contributed by atoms with Crippen LogP contribution in [0.15, 0.2) is 42.5 Å². The third-order valence-corrected chi connectivity index (χ3v) is 3.50. The zero-order valence-corrected chi connectivity index (χ0v) is 14.2. The molecule has 0 heterocycles. The van der Waals surface area contributed by atoms with Crippen molar-refractivity contribution >= 4 is 11.8 Å². The SMILES string of the molecule is C=C(C(=O)CCC(COCc1ccccc1)OC(C)=O)C(C)C. The lowest BCUT2D eigenvalue weighted by Crippen LogP contribution is -2.24. The molecule has 0 aliphatic carbocycles. The topological polar surface area (TPSA) is 52.6 Å². The monoisotopic (exact) mass is 318 g/mol. The Hall–Kier alpha value is -1.94. The molecule has 1 aromatic rings. The van der Waals surface area contributed by atoms with Crippen LogP contribution in [0.2, 0.25) is 0 Å². The van der Waals surface area contributed by atoms with Gasteiger partial charge >= 0.3 is 5.97 Å². The average Bonchev–Trinajstić information content (AvgIpc) is 2.51. The number of esters is 1. The molecule has 0 aromatic heterocycles. The molecule has 0 bridgehead atoms. The molecular formula is C19H26O4. The van der Waals surface area contributed by atoms with Gasteiger partial charge in [-0.25, -0.2) is 0 Å². The molecule has 0 N–H and O–H groups in total. The van der Waals surface area contributed by atoms with Gasteiger partial charge in [-0.3, -0.25) is 9.59 Å². The zero-order valence-electron chi connectivity index (χ0n) is 14.2. The molecule has 23 heavy (non-hydrogen) atoms. The van der Waals surface area contributed by atoms with Crippen molar-refractivity contribution in [2.45, 2.75) is 46.3 Å². The summed E-state index contributed by atoms with van der Waals surface area (Å²) in [5.41, 5.74) is 1.66. The van der Waals surface area contributed by atoms with Crippen molar-refractivity contribution in [3.63, 3.8) is 0 Å². The lowest BCUT2D eigenvalue weighted by Gasteiger charge is -2.17. The fourth-order valence-electron chi connectivity index (χ4n) is 2.07. The standard InChI is InChI=1S/C19H26O4/c1-14(2)15(3)19(21)11-10-18(23-16(4)20)13-22-12-17-8-6-5-7-9-17/h5-9,14,18H,3,10-13H2,1-2,4H3. The molecule has 0 saturated heterocycles. The van der Waals surface area contributed by atoms with Crippen molar-refractivity contribution in [1.82, 2.24) is 0 Å². The van der Waals surface area contributed by atoms with E-state index in [9.17, 15) is 9.59 Å². The molecular weight excluding hydrogens is 292 g/mol. The molecule has 0 spiro atoms. The number of carbonyl (C=O) groups excluding carboxylic acids is 2. The second-order valence-electron chi connectivity index (χ2n) is 5.87. The van der Waals surface area contributed by atoms with Crippen molar-refractivity contribution < 1.29 is 19.1 Å². The first-order valence-electron chi connectivity index (χ1n) is 7.91. The number of Topliss-reactive ketones (excluding diaryl/α,β-unsaturated/α-hetero) is 1. The zero-order chi connectivity index (χ0) is 17.2. The van der Waals surface area contributed by atoms with E-state index < -0.39 is 6.10 Å². The summed E-state index contributed by atoms with van der Waals surface area (Å²) >= 11 is 0. The summed E-state index contributed by atoms with van der Waals surface area (Å²) in [6.45, 7) is 9.76. The molecule has 126 valence electrons. The lowest BCUT2D eigenvalue weighted by molar-refractivity contribution is -0.150. The highest BCUT2D eigenvalue weighted by atomic mass is 16.6. The Bertz CT molecular complexity index is 519. The quantitative estimate of drug-likeness (QED) is 0.487. The van der Waals surface area contributed by atoms with Crippen molar-refractivity contribution in [3.05, 3.63) is 48.0 Å². The molecule has 0 fully saturated rings. The van der Waals surface area contributed by atoms with Gasteiger partial charge in [0.25, 0.3) is 0 Å². The van der Waals surface area contributed by atoms with Gasteiger partial charge in [0.2, 0.25) is 0 Å². The molecule has 1 atom stereocenters. The molecule has 0 saturated carbocycles. The van der Waals surface area contributed by atoms with Gasteiger partial charge in [-0.1, -0.05) is 50.8 Å². The minimum atomic E-state index is -0.417. The number of hydrogen-bond donors (Lipinski definition) is 0. The van der Waals surface area contributed by atoms with E-state index in [2.05, 4.69) is 6.58 Å². The Balaban J connectivity index is 2.44. The van der Waals surface area contributed by atoms with E-state index in [4.69, 9.17) is 9.47 Å². The van der Waals surface area contributed by atoms with Gasteiger partial charge in [0, 0.05) is 13.3 Å². The van der Waals surface area contributed by atoms with Crippen molar-refractivity contribution in [2.75, 3.05) is 6.61 Å². The van der Waals surface area contributed by atoms with Crippen molar-refractivity contribution in [2.24, 2.45) is 5.92 Å². The van der Waals surface area contributed by atoms with E-state index in [1.165, 1.54) is 6.92 Å². The number of hydrogen-bond acceptors (Lipinski definition) is 4. The van der Waals surface area contributed by atoms with Crippen molar-refractivity contribution in [3.8, 4) is 0 Å². The number of carbonyl (C=O) groups is 2. The van der Waals surface area contributed by atoms with Gasteiger partial charge in [-0.2, -0.15) is 0 Å². The molecule has 4 heteroatoms. The first kappa shape index (κ1) is 19.1. The fourth-order valence-corrected chi connectivity index (χ4v) is 2.07. The van der Waals surface area contributed by atoms with Crippen LogP contribution in [0.25, 0.3) is 0 Å². The van der Waals surface area contributed by atoms with Crippen LogP contribution in [0.5, 0.6) is 0 Å². The Morgan fingerprint density at radius 3 is 2.39 bits per heavy atom. The number of benzene rings is 1. The highest BCUT2D eigenvalue weighted by Crippen LogP contribution is 2.14. The van der Waals surface area contributed by atoms with E-state index in [0.717, 1.165) is 5.56 Å². The average molecular weight is 318 g/mol. The summed E-state index contributed by atoms with van der Waals surface area (Å²) in [4.78, 5) is 23.2. The maximum absolute atomic E-state index is 12.0. The third-order valence-electron chi connectivity index (χ3n) is 3.50. The third kappa shape index (κ3) is 7.75. The highest BCUT2D eigenvalue weighted by molar-refractivity contribution is 5.95. The predicted molar refractivity (Wildman–Crippen MR) is 89.9 cm³/mol. The van der Waals surface area contributed by atoms with Gasteiger partial charge in [-0.05, 0) is 23.5 Å². The maximum Gasteiger partial charge on any atom is 0.302 e. The van der Waals surface area contributed by atoms with Gasteiger partial charge in [-0.15, -0.1) is 0 Å². The lowest BCUT2D eigenvalue weighted by atomic mass is 9.97. The summed E-state index contributed by atoms with van der Waals surface area (Å²) < 4.78 is 10.8. The summed E-state index contributed by atoms with van der Waals surface area (Å²) in [5, 5.41) is 0. The van der Waals surface area contributed by atoms with Crippen LogP contribution in [0, 0.1) is 5.92 Å². The van der Waals surface area contributed by atoms with Crippen LogP contribution in [-0.2, 0) is 25.7 Å². The Morgan fingerprint density at radius 1 is 1.17 bits per heavy atom. The smallest absolute Gasteiger partial charge is 0.302 e. The summed E-state index contributed by atoms with van der Waals surface area (Å²) in [7, 11) is 0. The van der Waals surface area contributed by atoms with Crippen LogP contribution >= 0.6 is 0 Å². The molecule has 0 aliphatic heterocycles. The van der Waals surface area contributed by atoms with Crippen LogP contribution in [0.3, 0.4) is 0 Å². The van der Waals surface area contributed by atoms with E-state index >= 15 is 0 Å². The molecule has 4 nitrogen and oxygen atoms in total. The summed E-state index contributed by atoms with van der Waals surface area (Å²) in [5.74, 6) is -0.224. The van der Waals surface area contributed by atoms with Gasteiger partial charge in [0.1, 0.15) is 6.10 Å². The molecule has 0 radical (unpaired) electrons. The molecule has 1 aromatic carbocycles. The van der Waals surface area contributed by atoms with Gasteiger partial charge in [0.05, 0.1) is 13.2 Å². The second kappa shape index (κ2) is 9.95.